The topological polar surface area (TPSA) is 34.1 Å². The average Bonchev–Trinajstić information content (AvgIpc) is 2.38. The number of nitrogens with one attached hydrogen (secondary N) is 1. The van der Waals surface area contributed by atoms with Crippen molar-refractivity contribution in [3.05, 3.63) is 52.2 Å². The first-order valence-electron chi connectivity index (χ1n) is 7.08. The molecule has 112 valence electrons. The summed E-state index contributed by atoms with van der Waals surface area (Å²) in [5.41, 5.74) is 3.35. The van der Waals surface area contributed by atoms with Crippen molar-refractivity contribution in [3.63, 3.8) is 0 Å². The van der Waals surface area contributed by atoms with E-state index in [4.69, 9.17) is 16.3 Å². The lowest BCUT2D eigenvalue weighted by atomic mass is 10.1. The van der Waals surface area contributed by atoms with Crippen molar-refractivity contribution in [3.8, 4) is 11.6 Å². The van der Waals surface area contributed by atoms with Gasteiger partial charge < -0.3 is 10.1 Å². The number of benzene rings is 1. The molecular formula is C17H21ClN2O. The summed E-state index contributed by atoms with van der Waals surface area (Å²) in [6.07, 6.45) is 1.79. The Labute approximate surface area is 131 Å². The van der Waals surface area contributed by atoms with Crippen molar-refractivity contribution >= 4 is 11.6 Å². The number of rotatable bonds is 5. The van der Waals surface area contributed by atoms with E-state index in [0.717, 1.165) is 29.0 Å². The number of hydrogen-bond donors (Lipinski definition) is 1. The van der Waals surface area contributed by atoms with Gasteiger partial charge in [0.1, 0.15) is 10.8 Å². The molecule has 0 saturated heterocycles. The minimum absolute atomic E-state index is 0.426. The van der Waals surface area contributed by atoms with Gasteiger partial charge in [-0.05, 0) is 48.7 Å². The Morgan fingerprint density at radius 2 is 1.81 bits per heavy atom. The van der Waals surface area contributed by atoms with E-state index in [-0.39, 0.29) is 0 Å². The predicted octanol–water partition coefficient (Wildman–Crippen LogP) is 4.64. The van der Waals surface area contributed by atoms with E-state index < -0.39 is 0 Å². The lowest BCUT2D eigenvalue weighted by Crippen LogP contribution is -2.21. The van der Waals surface area contributed by atoms with Crippen LogP contribution in [0.4, 0.5) is 0 Å². The molecule has 1 N–H and O–H groups in total. The molecule has 0 bridgehead atoms. The summed E-state index contributed by atoms with van der Waals surface area (Å²) >= 11 is 6.26. The maximum absolute atomic E-state index is 6.26. The van der Waals surface area contributed by atoms with Crippen LogP contribution in [0.5, 0.6) is 11.6 Å². The molecule has 0 amide bonds. The van der Waals surface area contributed by atoms with Crippen molar-refractivity contribution in [1.29, 1.82) is 0 Å². The zero-order valence-electron chi connectivity index (χ0n) is 12.9. The molecule has 0 atom stereocenters. The van der Waals surface area contributed by atoms with Crippen molar-refractivity contribution in [2.24, 2.45) is 0 Å². The van der Waals surface area contributed by atoms with E-state index in [1.807, 2.05) is 32.0 Å². The number of aromatic nitrogens is 1. The van der Waals surface area contributed by atoms with Crippen LogP contribution < -0.4 is 10.1 Å². The van der Waals surface area contributed by atoms with E-state index in [0.29, 0.717) is 16.9 Å². The van der Waals surface area contributed by atoms with Gasteiger partial charge in [-0.25, -0.2) is 4.98 Å². The minimum Gasteiger partial charge on any atom is -0.438 e. The van der Waals surface area contributed by atoms with E-state index in [9.17, 15) is 0 Å². The maximum atomic E-state index is 6.26. The van der Waals surface area contributed by atoms with E-state index >= 15 is 0 Å². The van der Waals surface area contributed by atoms with Gasteiger partial charge in [-0.15, -0.1) is 0 Å². The molecule has 4 heteroatoms. The third kappa shape index (κ3) is 4.73. The smallest absolute Gasteiger partial charge is 0.238 e. The molecule has 0 aliphatic carbocycles. The second kappa shape index (κ2) is 6.92. The summed E-state index contributed by atoms with van der Waals surface area (Å²) in [5, 5.41) is 3.86. The SMILES string of the molecule is Cc1cc(C)cc(Oc2ncc(CNC(C)C)cc2Cl)c1. The minimum atomic E-state index is 0.426. The summed E-state index contributed by atoms with van der Waals surface area (Å²) in [5.74, 6) is 1.20. The number of nitrogens with zero attached hydrogens (tertiary/aromatic N) is 1. The van der Waals surface area contributed by atoms with Gasteiger partial charge in [0.15, 0.2) is 0 Å². The van der Waals surface area contributed by atoms with Gasteiger partial charge in [0.25, 0.3) is 0 Å². The van der Waals surface area contributed by atoms with Crippen molar-refractivity contribution in [2.75, 3.05) is 0 Å². The van der Waals surface area contributed by atoms with E-state index in [2.05, 4.69) is 30.2 Å². The molecule has 3 nitrogen and oxygen atoms in total. The molecule has 0 radical (unpaired) electrons. The van der Waals surface area contributed by atoms with Crippen molar-refractivity contribution in [1.82, 2.24) is 10.3 Å². The summed E-state index contributed by atoms with van der Waals surface area (Å²) in [6.45, 7) is 9.03. The van der Waals surface area contributed by atoms with Gasteiger partial charge >= 0.3 is 0 Å². The molecule has 1 aromatic heterocycles. The highest BCUT2D eigenvalue weighted by Crippen LogP contribution is 2.28. The van der Waals surface area contributed by atoms with Crippen LogP contribution in [0.2, 0.25) is 5.02 Å². The quantitative estimate of drug-likeness (QED) is 0.873. The average molecular weight is 305 g/mol. The number of aryl methyl sites for hydroxylation is 2. The molecule has 0 aliphatic rings. The van der Waals surface area contributed by atoms with Crippen LogP contribution in [-0.2, 0) is 6.54 Å². The maximum Gasteiger partial charge on any atom is 0.238 e. The Balaban J connectivity index is 2.13. The third-order valence-electron chi connectivity index (χ3n) is 2.99. The predicted molar refractivity (Wildman–Crippen MR) is 87.2 cm³/mol. The molecule has 21 heavy (non-hydrogen) atoms. The second-order valence-corrected chi connectivity index (χ2v) is 6.00. The monoisotopic (exact) mass is 304 g/mol. The Morgan fingerprint density at radius 3 is 2.38 bits per heavy atom. The second-order valence-electron chi connectivity index (χ2n) is 5.59. The molecular weight excluding hydrogens is 284 g/mol. The first-order chi connectivity index (χ1) is 9.94. The number of halogens is 1. The molecule has 2 aromatic rings. The fourth-order valence-electron chi connectivity index (χ4n) is 2.06. The van der Waals surface area contributed by atoms with Crippen LogP contribution in [0.1, 0.15) is 30.5 Å². The van der Waals surface area contributed by atoms with Gasteiger partial charge in [0.2, 0.25) is 5.88 Å². The van der Waals surface area contributed by atoms with Crippen LogP contribution in [-0.4, -0.2) is 11.0 Å². The van der Waals surface area contributed by atoms with Crippen molar-refractivity contribution < 1.29 is 4.74 Å². The van der Waals surface area contributed by atoms with E-state index in [1.54, 1.807) is 6.20 Å². The fourth-order valence-corrected chi connectivity index (χ4v) is 2.29. The number of ether oxygens (including phenoxy) is 1. The standard InChI is InChI=1S/C17H21ClN2O/c1-11(2)19-9-14-8-16(18)17(20-10-14)21-15-6-12(3)5-13(4)7-15/h5-8,10-11,19H,9H2,1-4H3. The van der Waals surface area contributed by atoms with Crippen LogP contribution >= 0.6 is 11.6 Å². The van der Waals surface area contributed by atoms with Gasteiger partial charge in [-0.2, -0.15) is 0 Å². The molecule has 0 saturated carbocycles. The largest absolute Gasteiger partial charge is 0.438 e. The summed E-state index contributed by atoms with van der Waals surface area (Å²) in [4.78, 5) is 4.32. The van der Waals surface area contributed by atoms with E-state index in [1.165, 1.54) is 0 Å². The van der Waals surface area contributed by atoms with Crippen LogP contribution in [0.25, 0.3) is 0 Å². The van der Waals surface area contributed by atoms with Gasteiger partial charge in [0.05, 0.1) is 0 Å². The van der Waals surface area contributed by atoms with Crippen LogP contribution in [0.3, 0.4) is 0 Å². The first-order valence-corrected chi connectivity index (χ1v) is 7.46. The lowest BCUT2D eigenvalue weighted by Gasteiger charge is -2.11. The Bertz CT molecular complexity index is 606. The van der Waals surface area contributed by atoms with Crippen LogP contribution in [0.15, 0.2) is 30.5 Å². The Kier molecular flexibility index (Phi) is 5.21. The molecule has 0 unspecified atom stereocenters. The molecule has 1 heterocycles. The van der Waals surface area contributed by atoms with Crippen LogP contribution in [0, 0.1) is 13.8 Å². The normalized spacial score (nSPS) is 11.0. The summed E-state index contributed by atoms with van der Waals surface area (Å²) < 4.78 is 5.79. The highest BCUT2D eigenvalue weighted by molar-refractivity contribution is 6.31. The van der Waals surface area contributed by atoms with Gasteiger partial charge in [-0.3, -0.25) is 0 Å². The molecule has 0 fully saturated rings. The zero-order chi connectivity index (χ0) is 15.4. The molecule has 1 aromatic carbocycles. The lowest BCUT2D eigenvalue weighted by molar-refractivity contribution is 0.461. The highest BCUT2D eigenvalue weighted by atomic mass is 35.5. The molecule has 0 aliphatic heterocycles. The van der Waals surface area contributed by atoms with Crippen molar-refractivity contribution in [2.45, 2.75) is 40.3 Å². The third-order valence-corrected chi connectivity index (χ3v) is 3.26. The number of pyridine rings is 1. The molecule has 0 spiro atoms. The fraction of sp³-hybridized carbons (Fsp3) is 0.353. The highest BCUT2D eigenvalue weighted by Gasteiger charge is 2.07. The summed E-state index contributed by atoms with van der Waals surface area (Å²) in [7, 11) is 0. The zero-order valence-corrected chi connectivity index (χ0v) is 13.7. The Hall–Kier alpha value is -1.58. The Morgan fingerprint density at radius 1 is 1.14 bits per heavy atom. The number of hydrogen-bond acceptors (Lipinski definition) is 3. The van der Waals surface area contributed by atoms with Gasteiger partial charge in [-0.1, -0.05) is 31.5 Å². The van der Waals surface area contributed by atoms with Gasteiger partial charge in [0, 0.05) is 18.8 Å². The summed E-state index contributed by atoms with van der Waals surface area (Å²) in [6, 6.07) is 8.36. The first kappa shape index (κ1) is 15.8. The molecule has 2 rings (SSSR count).